The molecular weight excluding hydrogens is 476 g/mol. The van der Waals surface area contributed by atoms with Gasteiger partial charge in [0, 0.05) is 6.08 Å². The molecule has 35 heavy (non-hydrogen) atoms. The second-order valence-corrected chi connectivity index (χ2v) is 7.97. The third-order valence-electron chi connectivity index (χ3n) is 4.93. The largest absolute Gasteiger partial charge is 0.493 e. The molecule has 1 heterocycles. The summed E-state index contributed by atoms with van der Waals surface area (Å²) in [5.74, 6) is -0.248. The number of benzene rings is 2. The first kappa shape index (κ1) is 25.5. The quantitative estimate of drug-likeness (QED) is 0.343. The number of hydrogen-bond acceptors (Lipinski definition) is 9. The van der Waals surface area contributed by atoms with Crippen LogP contribution in [0.2, 0.25) is 0 Å². The fourth-order valence-corrected chi connectivity index (χ4v) is 4.32. The lowest BCUT2D eigenvalue weighted by atomic mass is 10.1. The third-order valence-corrected chi connectivity index (χ3v) is 5.97. The van der Waals surface area contributed by atoms with Crippen molar-refractivity contribution in [2.75, 3.05) is 35.5 Å². The van der Waals surface area contributed by atoms with E-state index < -0.39 is 17.8 Å². The normalized spacial score (nSPS) is 11.5. The van der Waals surface area contributed by atoms with Crippen LogP contribution in [0, 0.1) is 0 Å². The minimum absolute atomic E-state index is 0.156. The summed E-state index contributed by atoms with van der Waals surface area (Å²) in [5.41, 5.74) is 1.59. The van der Waals surface area contributed by atoms with Crippen LogP contribution in [0.15, 0.2) is 41.4 Å². The van der Waals surface area contributed by atoms with Crippen LogP contribution in [0.4, 0.5) is 0 Å². The van der Waals surface area contributed by atoms with Gasteiger partial charge in [-0.3, -0.25) is 9.59 Å². The van der Waals surface area contributed by atoms with E-state index in [2.05, 4.69) is 4.99 Å². The molecule has 0 bridgehead atoms. The first-order chi connectivity index (χ1) is 16.8. The number of methoxy groups -OCH3 is 5. The molecule has 184 valence electrons. The van der Waals surface area contributed by atoms with E-state index in [1.54, 1.807) is 41.0 Å². The van der Waals surface area contributed by atoms with Crippen molar-refractivity contribution in [3.63, 3.8) is 0 Å². The monoisotopic (exact) mass is 500 g/mol. The molecule has 3 rings (SSSR count). The zero-order chi connectivity index (χ0) is 25.5. The van der Waals surface area contributed by atoms with Crippen molar-refractivity contribution in [3.05, 3.63) is 52.3 Å². The Bertz CT molecular complexity index is 1340. The summed E-state index contributed by atoms with van der Waals surface area (Å²) in [4.78, 5) is 41.0. The molecule has 0 saturated carbocycles. The van der Waals surface area contributed by atoms with E-state index in [4.69, 9.17) is 23.7 Å². The molecule has 0 aliphatic heterocycles. The van der Waals surface area contributed by atoms with Crippen LogP contribution in [-0.4, -0.2) is 58.0 Å². The molecule has 0 spiro atoms. The number of fused-ring (bicyclic) bond motifs is 1. The van der Waals surface area contributed by atoms with Gasteiger partial charge in [-0.2, -0.15) is 4.99 Å². The fraction of sp³-hybridized carbons (Fsp3) is 0.250. The van der Waals surface area contributed by atoms with E-state index in [0.29, 0.717) is 38.6 Å². The molecule has 0 unspecified atom stereocenters. The second-order valence-electron chi connectivity index (χ2n) is 6.96. The zero-order valence-corrected chi connectivity index (χ0v) is 20.6. The smallest absolute Gasteiger partial charge is 0.337 e. The third kappa shape index (κ3) is 5.69. The van der Waals surface area contributed by atoms with Crippen LogP contribution >= 0.6 is 11.3 Å². The minimum atomic E-state index is -0.558. The molecule has 0 aliphatic carbocycles. The molecule has 3 aromatic rings. The number of thiazole rings is 1. The van der Waals surface area contributed by atoms with Gasteiger partial charge < -0.3 is 28.3 Å². The number of hydrogen-bond donors (Lipinski definition) is 0. The zero-order valence-electron chi connectivity index (χ0n) is 19.8. The predicted molar refractivity (Wildman–Crippen MR) is 129 cm³/mol. The number of carbonyl (C=O) groups is 3. The number of nitrogens with zero attached hydrogens (tertiary/aromatic N) is 2. The maximum absolute atomic E-state index is 12.7. The summed E-state index contributed by atoms with van der Waals surface area (Å²) in [6, 6.07) is 8.24. The predicted octanol–water partition coefficient (Wildman–Crippen LogP) is 2.83. The highest BCUT2D eigenvalue weighted by Crippen LogP contribution is 2.38. The van der Waals surface area contributed by atoms with Crippen molar-refractivity contribution in [2.45, 2.75) is 6.54 Å². The minimum Gasteiger partial charge on any atom is -0.493 e. The summed E-state index contributed by atoms with van der Waals surface area (Å²) < 4.78 is 27.7. The van der Waals surface area contributed by atoms with Crippen LogP contribution in [0.3, 0.4) is 0 Å². The number of esters is 2. The summed E-state index contributed by atoms with van der Waals surface area (Å²) in [6.45, 7) is -0.156. The molecule has 11 heteroatoms. The highest BCUT2D eigenvalue weighted by molar-refractivity contribution is 7.16. The van der Waals surface area contributed by atoms with Gasteiger partial charge in [0.2, 0.25) is 5.75 Å². The van der Waals surface area contributed by atoms with Crippen LogP contribution in [0.1, 0.15) is 15.9 Å². The summed E-state index contributed by atoms with van der Waals surface area (Å²) in [6.07, 6.45) is 2.84. The van der Waals surface area contributed by atoms with E-state index in [-0.39, 0.29) is 11.3 Å². The van der Waals surface area contributed by atoms with Crippen LogP contribution in [0.5, 0.6) is 17.2 Å². The highest BCUT2D eigenvalue weighted by atomic mass is 32.1. The van der Waals surface area contributed by atoms with Crippen molar-refractivity contribution >= 4 is 45.5 Å². The van der Waals surface area contributed by atoms with Crippen LogP contribution in [0.25, 0.3) is 16.3 Å². The Labute approximate surface area is 205 Å². The lowest BCUT2D eigenvalue weighted by molar-refractivity contribution is -0.141. The Morgan fingerprint density at radius 3 is 2.20 bits per heavy atom. The lowest BCUT2D eigenvalue weighted by Crippen LogP contribution is -2.22. The van der Waals surface area contributed by atoms with E-state index in [1.807, 2.05) is 0 Å². The molecular formula is C24H24N2O8S. The standard InChI is InChI=1S/C24H24N2O8S/c1-30-17-10-14(11-18(31-2)22(17)33-4)6-9-20(27)25-24-26(13-21(28)32-3)16-8-7-15(23(29)34-5)12-19(16)35-24/h6-12H,13H2,1-5H3/b9-6-,25-24?. The molecule has 0 atom stereocenters. The Balaban J connectivity index is 2.02. The SMILES string of the molecule is COC(=O)Cn1c(=NC(=O)/C=C\c2cc(OC)c(OC)c(OC)c2)sc2cc(C(=O)OC)ccc21. The van der Waals surface area contributed by atoms with E-state index in [9.17, 15) is 14.4 Å². The van der Waals surface area contributed by atoms with Gasteiger partial charge in [0.1, 0.15) is 6.54 Å². The van der Waals surface area contributed by atoms with Gasteiger partial charge in [0.05, 0.1) is 51.3 Å². The first-order valence-electron chi connectivity index (χ1n) is 10.2. The van der Waals surface area contributed by atoms with Gasteiger partial charge in [0.15, 0.2) is 16.3 Å². The topological polar surface area (TPSA) is 115 Å². The molecule has 1 aromatic heterocycles. The van der Waals surface area contributed by atoms with Gasteiger partial charge in [-0.05, 0) is 42.0 Å². The fourth-order valence-electron chi connectivity index (χ4n) is 3.25. The van der Waals surface area contributed by atoms with Crippen molar-refractivity contribution in [1.29, 1.82) is 0 Å². The summed E-state index contributed by atoms with van der Waals surface area (Å²) >= 11 is 1.15. The van der Waals surface area contributed by atoms with Gasteiger partial charge in [0.25, 0.3) is 5.91 Å². The average Bonchev–Trinajstić information content (AvgIpc) is 3.21. The Morgan fingerprint density at radius 1 is 0.943 bits per heavy atom. The maximum Gasteiger partial charge on any atom is 0.337 e. The van der Waals surface area contributed by atoms with Crippen molar-refractivity contribution < 1.29 is 38.1 Å². The summed E-state index contributed by atoms with van der Waals surface area (Å²) in [5, 5.41) is 0. The average molecular weight is 501 g/mol. The lowest BCUT2D eigenvalue weighted by Gasteiger charge is -2.12. The van der Waals surface area contributed by atoms with E-state index in [0.717, 1.165) is 11.3 Å². The van der Waals surface area contributed by atoms with Gasteiger partial charge >= 0.3 is 11.9 Å². The summed E-state index contributed by atoms with van der Waals surface area (Å²) in [7, 11) is 7.06. The first-order valence-corrected chi connectivity index (χ1v) is 11.0. The number of rotatable bonds is 8. The Morgan fingerprint density at radius 2 is 1.63 bits per heavy atom. The van der Waals surface area contributed by atoms with Crippen molar-refractivity contribution in [1.82, 2.24) is 4.57 Å². The Hall–Kier alpha value is -4.12. The number of carbonyl (C=O) groups excluding carboxylic acids is 3. The van der Waals surface area contributed by atoms with Gasteiger partial charge in [-0.1, -0.05) is 11.3 Å². The molecule has 0 aliphatic rings. The molecule has 2 aromatic carbocycles. The van der Waals surface area contributed by atoms with Crippen LogP contribution < -0.4 is 19.0 Å². The molecule has 10 nitrogen and oxygen atoms in total. The number of amides is 1. The molecule has 1 amide bonds. The maximum atomic E-state index is 12.7. The van der Waals surface area contributed by atoms with Crippen molar-refractivity contribution in [3.8, 4) is 17.2 Å². The highest BCUT2D eigenvalue weighted by Gasteiger charge is 2.15. The van der Waals surface area contributed by atoms with Crippen molar-refractivity contribution in [2.24, 2.45) is 4.99 Å². The van der Waals surface area contributed by atoms with Gasteiger partial charge in [-0.15, -0.1) is 0 Å². The van der Waals surface area contributed by atoms with Gasteiger partial charge in [-0.25, -0.2) is 4.79 Å². The Kier molecular flexibility index (Phi) is 8.26. The van der Waals surface area contributed by atoms with E-state index >= 15 is 0 Å². The second kappa shape index (κ2) is 11.3. The molecule has 0 fully saturated rings. The molecule has 0 saturated heterocycles. The van der Waals surface area contributed by atoms with E-state index in [1.165, 1.54) is 41.6 Å². The number of ether oxygens (including phenoxy) is 5. The molecule has 0 N–H and O–H groups in total. The van der Waals surface area contributed by atoms with Crippen LogP contribution in [-0.2, 0) is 25.6 Å². The molecule has 0 radical (unpaired) electrons. The number of aromatic nitrogens is 1.